The largest absolute Gasteiger partial charge is 0.490 e. The summed E-state index contributed by atoms with van der Waals surface area (Å²) in [6, 6.07) is 5.76. The number of benzene rings is 1. The van der Waals surface area contributed by atoms with Gasteiger partial charge in [-0.2, -0.15) is 0 Å². The quantitative estimate of drug-likeness (QED) is 0.686. The van der Waals surface area contributed by atoms with E-state index in [-0.39, 0.29) is 0 Å². The third kappa shape index (κ3) is 4.04. The topological polar surface area (TPSA) is 48.4 Å². The number of thiazole rings is 1. The van der Waals surface area contributed by atoms with Gasteiger partial charge in [-0.05, 0) is 31.0 Å². The van der Waals surface area contributed by atoms with Gasteiger partial charge < -0.3 is 9.47 Å². The fourth-order valence-electron chi connectivity index (χ4n) is 1.80. The van der Waals surface area contributed by atoms with Crippen molar-refractivity contribution in [1.29, 1.82) is 0 Å². The number of carbonyl (C=O) groups is 1. The second kappa shape index (κ2) is 7.78. The number of hydrogen-bond donors (Lipinski definition) is 0. The molecule has 1 aromatic carbocycles. The second-order valence-electron chi connectivity index (χ2n) is 4.55. The predicted octanol–water partition coefficient (Wildman–Crippen LogP) is 4.20. The molecule has 0 aliphatic heterocycles. The van der Waals surface area contributed by atoms with Crippen LogP contribution in [0.3, 0.4) is 0 Å². The summed E-state index contributed by atoms with van der Waals surface area (Å²) in [7, 11) is 0. The minimum Gasteiger partial charge on any atom is -0.490 e. The Morgan fingerprint density at radius 2 is 1.86 bits per heavy atom. The maximum atomic E-state index is 10.7. The van der Waals surface area contributed by atoms with Crippen molar-refractivity contribution in [1.82, 2.24) is 4.98 Å². The molecule has 0 radical (unpaired) electrons. The van der Waals surface area contributed by atoms with Crippen LogP contribution in [0.15, 0.2) is 23.6 Å². The maximum Gasteiger partial charge on any atom is 0.178 e. The molecule has 112 valence electrons. The molecule has 0 atom stereocenters. The first-order chi connectivity index (χ1) is 10.3. The zero-order chi connectivity index (χ0) is 15.1. The zero-order valence-corrected chi connectivity index (χ0v) is 13.1. The van der Waals surface area contributed by atoms with Gasteiger partial charge in [-0.3, -0.25) is 4.79 Å². The van der Waals surface area contributed by atoms with Crippen molar-refractivity contribution in [2.45, 2.75) is 26.7 Å². The third-order valence-electron chi connectivity index (χ3n) is 2.79. The van der Waals surface area contributed by atoms with Crippen molar-refractivity contribution in [3.8, 4) is 22.8 Å². The minimum atomic E-state index is 0.479. The van der Waals surface area contributed by atoms with E-state index in [0.29, 0.717) is 18.2 Å². The van der Waals surface area contributed by atoms with Crippen LogP contribution in [0.5, 0.6) is 11.5 Å². The van der Waals surface area contributed by atoms with Crippen molar-refractivity contribution in [3.63, 3.8) is 0 Å². The van der Waals surface area contributed by atoms with Gasteiger partial charge in [0.15, 0.2) is 22.8 Å². The third-order valence-corrected chi connectivity index (χ3v) is 3.56. The molecule has 0 amide bonds. The van der Waals surface area contributed by atoms with Crippen molar-refractivity contribution in [2.75, 3.05) is 13.2 Å². The van der Waals surface area contributed by atoms with Crippen LogP contribution >= 0.6 is 11.3 Å². The summed E-state index contributed by atoms with van der Waals surface area (Å²) < 4.78 is 11.5. The van der Waals surface area contributed by atoms with E-state index in [9.17, 15) is 4.79 Å². The fraction of sp³-hybridized carbons (Fsp3) is 0.375. The Morgan fingerprint density at radius 1 is 1.14 bits per heavy atom. The highest BCUT2D eigenvalue weighted by atomic mass is 32.1. The molecule has 0 spiro atoms. The Kier molecular flexibility index (Phi) is 5.75. The Hall–Kier alpha value is -1.88. The lowest BCUT2D eigenvalue weighted by Gasteiger charge is -2.13. The van der Waals surface area contributed by atoms with Crippen LogP contribution in [-0.2, 0) is 0 Å². The van der Waals surface area contributed by atoms with Gasteiger partial charge in [-0.25, -0.2) is 4.98 Å². The average molecular weight is 305 g/mol. The molecule has 2 aromatic rings. The van der Waals surface area contributed by atoms with E-state index in [0.717, 1.165) is 41.9 Å². The maximum absolute atomic E-state index is 10.7. The first kappa shape index (κ1) is 15.5. The van der Waals surface area contributed by atoms with Gasteiger partial charge in [0.1, 0.15) is 0 Å². The molecular formula is C16H19NO3S. The van der Waals surface area contributed by atoms with Crippen LogP contribution < -0.4 is 9.47 Å². The molecule has 0 aliphatic rings. The minimum absolute atomic E-state index is 0.479. The molecule has 0 N–H and O–H groups in total. The van der Waals surface area contributed by atoms with Gasteiger partial charge in [0.25, 0.3) is 0 Å². The molecule has 0 saturated carbocycles. The smallest absolute Gasteiger partial charge is 0.178 e. The molecule has 1 heterocycles. The summed E-state index contributed by atoms with van der Waals surface area (Å²) in [5, 5.41) is 2.35. The summed E-state index contributed by atoms with van der Waals surface area (Å²) in [5.41, 5.74) is 1.71. The number of aromatic nitrogens is 1. The van der Waals surface area contributed by atoms with Crippen LogP contribution in [-0.4, -0.2) is 24.5 Å². The summed E-state index contributed by atoms with van der Waals surface area (Å²) in [6.45, 7) is 5.43. The average Bonchev–Trinajstić information content (AvgIpc) is 3.00. The van der Waals surface area contributed by atoms with E-state index in [1.807, 2.05) is 23.6 Å². The summed E-state index contributed by atoms with van der Waals surface area (Å²) in [4.78, 5) is 15.0. The van der Waals surface area contributed by atoms with Gasteiger partial charge >= 0.3 is 0 Å². The highest BCUT2D eigenvalue weighted by Crippen LogP contribution is 2.33. The molecule has 0 saturated heterocycles. The molecule has 4 nitrogen and oxygen atoms in total. The van der Waals surface area contributed by atoms with E-state index < -0.39 is 0 Å². The van der Waals surface area contributed by atoms with Gasteiger partial charge in [0.2, 0.25) is 0 Å². The van der Waals surface area contributed by atoms with E-state index in [2.05, 4.69) is 18.8 Å². The number of hydrogen-bond acceptors (Lipinski definition) is 5. The van der Waals surface area contributed by atoms with E-state index >= 15 is 0 Å². The first-order valence-electron chi connectivity index (χ1n) is 7.09. The molecule has 0 aliphatic carbocycles. The first-order valence-corrected chi connectivity index (χ1v) is 7.97. The van der Waals surface area contributed by atoms with Gasteiger partial charge in [-0.15, -0.1) is 11.3 Å². The van der Waals surface area contributed by atoms with Crippen molar-refractivity contribution in [3.05, 3.63) is 28.6 Å². The molecule has 0 unspecified atom stereocenters. The zero-order valence-electron chi connectivity index (χ0n) is 12.3. The normalized spacial score (nSPS) is 10.4. The molecular weight excluding hydrogens is 286 g/mol. The van der Waals surface area contributed by atoms with Crippen LogP contribution in [0.25, 0.3) is 11.3 Å². The van der Waals surface area contributed by atoms with Crippen molar-refractivity contribution in [2.24, 2.45) is 0 Å². The Balaban J connectivity index is 2.28. The van der Waals surface area contributed by atoms with Gasteiger partial charge in [-0.1, -0.05) is 13.8 Å². The fourth-order valence-corrected chi connectivity index (χ4v) is 2.43. The number of rotatable bonds is 8. The summed E-state index contributed by atoms with van der Waals surface area (Å²) >= 11 is 1.33. The number of ether oxygens (including phenoxy) is 2. The number of aldehydes is 1. The lowest BCUT2D eigenvalue weighted by Crippen LogP contribution is -2.01. The summed E-state index contributed by atoms with van der Waals surface area (Å²) in [6.07, 6.45) is 2.65. The molecule has 21 heavy (non-hydrogen) atoms. The highest BCUT2D eigenvalue weighted by molar-refractivity contribution is 7.11. The lowest BCUT2D eigenvalue weighted by atomic mass is 10.1. The summed E-state index contributed by atoms with van der Waals surface area (Å²) in [5.74, 6) is 1.48. The molecule has 1 aromatic heterocycles. The Morgan fingerprint density at radius 3 is 2.48 bits per heavy atom. The lowest BCUT2D eigenvalue weighted by molar-refractivity contribution is 0.112. The molecule has 2 rings (SSSR count). The van der Waals surface area contributed by atoms with Crippen LogP contribution in [0.1, 0.15) is 36.5 Å². The van der Waals surface area contributed by atoms with E-state index in [4.69, 9.17) is 9.47 Å². The Labute approximate surface area is 128 Å². The van der Waals surface area contributed by atoms with E-state index in [1.165, 1.54) is 11.3 Å². The predicted molar refractivity (Wildman–Crippen MR) is 84.5 cm³/mol. The van der Waals surface area contributed by atoms with Crippen molar-refractivity contribution < 1.29 is 14.3 Å². The van der Waals surface area contributed by atoms with Gasteiger partial charge in [0, 0.05) is 10.9 Å². The highest BCUT2D eigenvalue weighted by Gasteiger charge is 2.10. The second-order valence-corrected chi connectivity index (χ2v) is 5.44. The number of carbonyl (C=O) groups excluding carboxylic acids is 1. The van der Waals surface area contributed by atoms with Crippen molar-refractivity contribution >= 4 is 17.6 Å². The number of nitrogens with zero attached hydrogens (tertiary/aromatic N) is 1. The van der Waals surface area contributed by atoms with E-state index in [1.54, 1.807) is 0 Å². The molecule has 0 bridgehead atoms. The van der Waals surface area contributed by atoms with Crippen LogP contribution in [0.2, 0.25) is 0 Å². The van der Waals surface area contributed by atoms with Crippen LogP contribution in [0.4, 0.5) is 0 Å². The van der Waals surface area contributed by atoms with Gasteiger partial charge in [0.05, 0.1) is 18.9 Å². The Bertz CT molecular complexity index is 595. The SMILES string of the molecule is CCCOc1ccc(-c2csc(C=O)n2)cc1OCCC. The van der Waals surface area contributed by atoms with Crippen LogP contribution in [0, 0.1) is 0 Å². The monoisotopic (exact) mass is 305 g/mol. The molecule has 0 fully saturated rings. The molecule has 5 heteroatoms. The standard InChI is InChI=1S/C16H19NO3S/c1-3-7-19-14-6-5-12(9-15(14)20-8-4-2)13-11-21-16(10-18)17-13/h5-6,9-11H,3-4,7-8H2,1-2H3.